The van der Waals surface area contributed by atoms with Crippen molar-refractivity contribution in [2.75, 3.05) is 13.1 Å². The third-order valence-corrected chi connectivity index (χ3v) is 2.97. The molecule has 1 aliphatic heterocycles. The summed E-state index contributed by atoms with van der Waals surface area (Å²) in [5.74, 6) is 0.688. The molecule has 3 nitrogen and oxygen atoms in total. The van der Waals surface area contributed by atoms with Gasteiger partial charge in [-0.25, -0.2) is 0 Å². The van der Waals surface area contributed by atoms with Gasteiger partial charge in [0.1, 0.15) is 0 Å². The highest BCUT2D eigenvalue weighted by Crippen LogP contribution is 2.11. The van der Waals surface area contributed by atoms with Gasteiger partial charge in [-0.3, -0.25) is 4.79 Å². The number of hydrogen-bond acceptors (Lipinski definition) is 2. The summed E-state index contributed by atoms with van der Waals surface area (Å²) in [5.41, 5.74) is 1.15. The number of halogens is 1. The Morgan fingerprint density at radius 3 is 2.76 bits per heavy atom. The van der Waals surface area contributed by atoms with Crippen LogP contribution in [-0.4, -0.2) is 19.0 Å². The second-order valence-corrected chi connectivity index (χ2v) is 4.33. The van der Waals surface area contributed by atoms with Crippen LogP contribution >= 0.6 is 12.4 Å². The number of carbonyl (C=O) groups excluding carboxylic acids is 1. The van der Waals surface area contributed by atoms with Crippen LogP contribution in [0.5, 0.6) is 0 Å². The number of hydrogen-bond donors (Lipinski definition) is 2. The molecule has 17 heavy (non-hydrogen) atoms. The van der Waals surface area contributed by atoms with Crippen molar-refractivity contribution in [1.29, 1.82) is 0 Å². The van der Waals surface area contributed by atoms with Gasteiger partial charge in [0, 0.05) is 13.0 Å². The molecule has 94 valence electrons. The third kappa shape index (κ3) is 4.75. The van der Waals surface area contributed by atoms with Crippen LogP contribution in [0.3, 0.4) is 0 Å². The summed E-state index contributed by atoms with van der Waals surface area (Å²) >= 11 is 0. The molecule has 0 bridgehead atoms. The Balaban J connectivity index is 0.00000144. The van der Waals surface area contributed by atoms with Crippen molar-refractivity contribution in [3.8, 4) is 0 Å². The van der Waals surface area contributed by atoms with E-state index < -0.39 is 0 Å². The van der Waals surface area contributed by atoms with Gasteiger partial charge in [0.25, 0.3) is 0 Å². The molecule has 2 rings (SSSR count). The molecule has 1 aromatic rings. The topological polar surface area (TPSA) is 41.1 Å². The van der Waals surface area contributed by atoms with Gasteiger partial charge in [0.05, 0.1) is 0 Å². The zero-order valence-corrected chi connectivity index (χ0v) is 10.6. The Morgan fingerprint density at radius 2 is 2.12 bits per heavy atom. The van der Waals surface area contributed by atoms with Crippen LogP contribution < -0.4 is 10.6 Å². The van der Waals surface area contributed by atoms with Gasteiger partial charge in [-0.05, 0) is 31.0 Å². The lowest BCUT2D eigenvalue weighted by Crippen LogP contribution is -2.25. The molecular weight excluding hydrogens is 236 g/mol. The van der Waals surface area contributed by atoms with E-state index in [2.05, 4.69) is 10.6 Å². The predicted octanol–water partition coefficient (Wildman–Crippen LogP) is 1.72. The van der Waals surface area contributed by atoms with Crippen molar-refractivity contribution < 1.29 is 4.79 Å². The fraction of sp³-hybridized carbons (Fsp3) is 0.462. The van der Waals surface area contributed by atoms with Gasteiger partial charge in [-0.1, -0.05) is 30.3 Å². The Hall–Kier alpha value is -1.06. The molecule has 2 N–H and O–H groups in total. The Bertz CT molecular complexity index is 337. The van der Waals surface area contributed by atoms with Crippen molar-refractivity contribution in [3.63, 3.8) is 0 Å². The lowest BCUT2D eigenvalue weighted by molar-refractivity contribution is -0.122. The lowest BCUT2D eigenvalue weighted by Gasteiger charge is -2.09. The average molecular weight is 255 g/mol. The summed E-state index contributed by atoms with van der Waals surface area (Å²) in [6, 6.07) is 10.0. The van der Waals surface area contributed by atoms with Crippen molar-refractivity contribution in [1.82, 2.24) is 10.6 Å². The van der Waals surface area contributed by atoms with Gasteiger partial charge in [0.2, 0.25) is 5.91 Å². The standard InChI is InChI=1S/C13H18N2O.ClH/c16-13(8-12-6-7-14-9-12)15-10-11-4-2-1-3-5-11;/h1-5,12,14H,6-10H2,(H,15,16);1H. The first kappa shape index (κ1) is 14.0. The van der Waals surface area contributed by atoms with E-state index in [0.717, 1.165) is 25.1 Å². The minimum Gasteiger partial charge on any atom is -0.352 e. The maximum atomic E-state index is 11.6. The van der Waals surface area contributed by atoms with Gasteiger partial charge in [0.15, 0.2) is 0 Å². The van der Waals surface area contributed by atoms with Crippen LogP contribution in [-0.2, 0) is 11.3 Å². The fourth-order valence-corrected chi connectivity index (χ4v) is 2.02. The predicted molar refractivity (Wildman–Crippen MR) is 71.1 cm³/mol. The van der Waals surface area contributed by atoms with E-state index in [0.29, 0.717) is 18.9 Å². The molecular formula is C13H19ClN2O. The normalized spacial score (nSPS) is 18.5. The molecule has 1 atom stereocenters. The summed E-state index contributed by atoms with van der Waals surface area (Å²) in [4.78, 5) is 11.6. The van der Waals surface area contributed by atoms with Gasteiger partial charge in [-0.15, -0.1) is 12.4 Å². The number of rotatable bonds is 4. The molecule has 0 aliphatic carbocycles. The van der Waals surface area contributed by atoms with E-state index in [-0.39, 0.29) is 18.3 Å². The fourth-order valence-electron chi connectivity index (χ4n) is 2.02. The molecule has 0 radical (unpaired) electrons. The number of amides is 1. The van der Waals surface area contributed by atoms with Crippen molar-refractivity contribution >= 4 is 18.3 Å². The molecule has 0 spiro atoms. The van der Waals surface area contributed by atoms with Crippen LogP contribution in [0.1, 0.15) is 18.4 Å². The molecule has 1 heterocycles. The first-order valence-corrected chi connectivity index (χ1v) is 5.86. The quantitative estimate of drug-likeness (QED) is 0.859. The molecule has 1 aromatic carbocycles. The maximum Gasteiger partial charge on any atom is 0.220 e. The minimum absolute atomic E-state index is 0. The van der Waals surface area contributed by atoms with Gasteiger partial charge >= 0.3 is 0 Å². The number of nitrogens with one attached hydrogen (secondary N) is 2. The van der Waals surface area contributed by atoms with Crippen LogP contribution in [0.4, 0.5) is 0 Å². The van der Waals surface area contributed by atoms with Gasteiger partial charge in [-0.2, -0.15) is 0 Å². The largest absolute Gasteiger partial charge is 0.352 e. The molecule has 1 saturated heterocycles. The van der Waals surface area contributed by atoms with E-state index in [9.17, 15) is 4.79 Å². The molecule has 0 aromatic heterocycles. The van der Waals surface area contributed by atoms with Crippen LogP contribution in [0.25, 0.3) is 0 Å². The van der Waals surface area contributed by atoms with Crippen molar-refractivity contribution in [2.45, 2.75) is 19.4 Å². The zero-order valence-electron chi connectivity index (χ0n) is 9.82. The Labute approximate surface area is 108 Å². The van der Waals surface area contributed by atoms with Gasteiger partial charge < -0.3 is 10.6 Å². The summed E-state index contributed by atoms with van der Waals surface area (Å²) in [5, 5.41) is 6.23. The van der Waals surface area contributed by atoms with Crippen molar-refractivity contribution in [3.05, 3.63) is 35.9 Å². The second kappa shape index (κ2) is 7.30. The zero-order chi connectivity index (χ0) is 11.2. The van der Waals surface area contributed by atoms with Crippen LogP contribution in [0.2, 0.25) is 0 Å². The van der Waals surface area contributed by atoms with E-state index in [1.165, 1.54) is 0 Å². The van der Waals surface area contributed by atoms with Crippen LogP contribution in [0, 0.1) is 5.92 Å². The summed E-state index contributed by atoms with van der Waals surface area (Å²) < 4.78 is 0. The van der Waals surface area contributed by atoms with E-state index in [1.54, 1.807) is 0 Å². The highest BCUT2D eigenvalue weighted by Gasteiger charge is 2.17. The smallest absolute Gasteiger partial charge is 0.220 e. The number of carbonyl (C=O) groups is 1. The van der Waals surface area contributed by atoms with E-state index in [1.807, 2.05) is 30.3 Å². The number of benzene rings is 1. The molecule has 1 aliphatic rings. The molecule has 1 amide bonds. The van der Waals surface area contributed by atoms with Crippen molar-refractivity contribution in [2.24, 2.45) is 5.92 Å². The maximum absolute atomic E-state index is 11.6. The lowest BCUT2D eigenvalue weighted by atomic mass is 10.0. The monoisotopic (exact) mass is 254 g/mol. The summed E-state index contributed by atoms with van der Waals surface area (Å²) in [6.45, 7) is 2.68. The second-order valence-electron chi connectivity index (χ2n) is 4.33. The third-order valence-electron chi connectivity index (χ3n) is 2.97. The first-order chi connectivity index (χ1) is 7.84. The molecule has 0 saturated carbocycles. The Kier molecular flexibility index (Phi) is 6.01. The Morgan fingerprint density at radius 1 is 1.35 bits per heavy atom. The molecule has 1 fully saturated rings. The highest BCUT2D eigenvalue weighted by atomic mass is 35.5. The highest BCUT2D eigenvalue weighted by molar-refractivity contribution is 5.85. The van der Waals surface area contributed by atoms with E-state index in [4.69, 9.17) is 0 Å². The average Bonchev–Trinajstić information content (AvgIpc) is 2.81. The minimum atomic E-state index is 0. The molecule has 1 unspecified atom stereocenters. The van der Waals surface area contributed by atoms with Crippen LogP contribution in [0.15, 0.2) is 30.3 Å². The van der Waals surface area contributed by atoms with E-state index >= 15 is 0 Å². The summed E-state index contributed by atoms with van der Waals surface area (Å²) in [7, 11) is 0. The SMILES string of the molecule is Cl.O=C(CC1CCNC1)NCc1ccccc1. The molecule has 4 heteroatoms. The first-order valence-electron chi connectivity index (χ1n) is 5.86. The summed E-state index contributed by atoms with van der Waals surface area (Å²) in [6.07, 6.45) is 1.78.